The third-order valence-electron chi connectivity index (χ3n) is 3.59. The van der Waals surface area contributed by atoms with Crippen molar-refractivity contribution in [3.05, 3.63) is 82.7 Å². The number of hydrogen-bond acceptors (Lipinski definition) is 4. The first-order valence-electron chi connectivity index (χ1n) is 7.74. The fourth-order valence-electron chi connectivity index (χ4n) is 2.27. The minimum Gasteiger partial charge on any atom is -0.497 e. The highest BCUT2D eigenvalue weighted by molar-refractivity contribution is 7.11. The first kappa shape index (κ1) is 16.7. The van der Waals surface area contributed by atoms with E-state index in [2.05, 4.69) is 11.1 Å². The fraction of sp³-hybridized carbons (Fsp3) is 0.0476. The molecule has 3 aromatic rings. The van der Waals surface area contributed by atoms with E-state index in [1.54, 1.807) is 13.2 Å². The molecule has 0 unspecified atom stereocenters. The van der Waals surface area contributed by atoms with Crippen LogP contribution in [0.25, 0.3) is 22.9 Å². The number of ether oxygens (including phenoxy) is 1. The van der Waals surface area contributed by atoms with Gasteiger partial charge in [-0.2, -0.15) is 5.26 Å². The molecule has 3 nitrogen and oxygen atoms in total. The van der Waals surface area contributed by atoms with Crippen LogP contribution in [0.1, 0.15) is 10.6 Å². The standard InChI is InChI=1S/C21H16N2OS/c1-24-19-12-10-16(11-13-19)6-5-9-18(14-22)21-23-20(15-25-21)17-7-3-2-4-8-17/h2-13,15H,1H3/b6-5+,18-9-. The van der Waals surface area contributed by atoms with Gasteiger partial charge in [0.15, 0.2) is 0 Å². The van der Waals surface area contributed by atoms with Crippen LogP contribution in [0.15, 0.2) is 72.1 Å². The topological polar surface area (TPSA) is 45.9 Å². The van der Waals surface area contributed by atoms with Crippen molar-refractivity contribution in [1.82, 2.24) is 4.98 Å². The van der Waals surface area contributed by atoms with Gasteiger partial charge in [-0.3, -0.25) is 0 Å². The SMILES string of the molecule is COc1ccc(/C=C/C=C(/C#N)c2nc(-c3ccccc3)cs2)cc1. The molecule has 0 amide bonds. The number of nitrogens with zero attached hydrogens (tertiary/aromatic N) is 2. The molecule has 0 spiro atoms. The van der Waals surface area contributed by atoms with Gasteiger partial charge in [0, 0.05) is 10.9 Å². The Bertz CT molecular complexity index is 932. The van der Waals surface area contributed by atoms with Crippen LogP contribution in [0.5, 0.6) is 5.75 Å². The Morgan fingerprint density at radius 2 is 1.88 bits per heavy atom. The van der Waals surface area contributed by atoms with Gasteiger partial charge in [-0.05, 0) is 23.8 Å². The normalized spacial score (nSPS) is 11.4. The van der Waals surface area contributed by atoms with Gasteiger partial charge in [-0.25, -0.2) is 4.98 Å². The summed E-state index contributed by atoms with van der Waals surface area (Å²) >= 11 is 1.48. The van der Waals surface area contributed by atoms with E-state index in [9.17, 15) is 5.26 Å². The first-order valence-corrected chi connectivity index (χ1v) is 8.62. The zero-order valence-electron chi connectivity index (χ0n) is 13.7. The third kappa shape index (κ3) is 4.23. The number of allylic oxidation sites excluding steroid dienone is 3. The summed E-state index contributed by atoms with van der Waals surface area (Å²) in [6.45, 7) is 0. The smallest absolute Gasteiger partial charge is 0.134 e. The molecule has 0 N–H and O–H groups in total. The molecule has 122 valence electrons. The van der Waals surface area contributed by atoms with Gasteiger partial charge < -0.3 is 4.74 Å². The summed E-state index contributed by atoms with van der Waals surface area (Å²) < 4.78 is 5.14. The zero-order chi connectivity index (χ0) is 17.5. The molecule has 0 aliphatic rings. The van der Waals surface area contributed by atoms with Gasteiger partial charge in [0.25, 0.3) is 0 Å². The maximum Gasteiger partial charge on any atom is 0.134 e. The van der Waals surface area contributed by atoms with Crippen LogP contribution >= 0.6 is 11.3 Å². The van der Waals surface area contributed by atoms with E-state index in [1.807, 2.05) is 72.1 Å². The molecule has 0 saturated carbocycles. The van der Waals surface area contributed by atoms with E-state index in [0.29, 0.717) is 5.57 Å². The molecule has 25 heavy (non-hydrogen) atoms. The van der Waals surface area contributed by atoms with Gasteiger partial charge in [0.1, 0.15) is 16.8 Å². The summed E-state index contributed by atoms with van der Waals surface area (Å²) in [5.74, 6) is 0.821. The average molecular weight is 344 g/mol. The minimum atomic E-state index is 0.553. The number of aromatic nitrogens is 1. The van der Waals surface area contributed by atoms with Crippen LogP contribution in [0.3, 0.4) is 0 Å². The van der Waals surface area contributed by atoms with E-state index in [1.165, 1.54) is 11.3 Å². The molecular weight excluding hydrogens is 328 g/mol. The van der Waals surface area contributed by atoms with E-state index >= 15 is 0 Å². The summed E-state index contributed by atoms with van der Waals surface area (Å²) in [6.07, 6.45) is 5.60. The number of hydrogen-bond donors (Lipinski definition) is 0. The summed E-state index contributed by atoms with van der Waals surface area (Å²) in [5.41, 5.74) is 3.53. The van der Waals surface area contributed by atoms with Crippen LogP contribution in [0, 0.1) is 11.3 Å². The molecule has 0 aliphatic carbocycles. The quantitative estimate of drug-likeness (QED) is 0.457. The Labute approximate surface area is 151 Å². The predicted octanol–water partition coefficient (Wildman–Crippen LogP) is 5.44. The van der Waals surface area contributed by atoms with Crippen molar-refractivity contribution in [2.24, 2.45) is 0 Å². The van der Waals surface area contributed by atoms with Crippen molar-refractivity contribution in [3.63, 3.8) is 0 Å². The van der Waals surface area contributed by atoms with Gasteiger partial charge >= 0.3 is 0 Å². The van der Waals surface area contributed by atoms with Crippen molar-refractivity contribution in [3.8, 4) is 23.1 Å². The van der Waals surface area contributed by atoms with Gasteiger partial charge in [0.05, 0.1) is 18.4 Å². The number of benzene rings is 2. The highest BCUT2D eigenvalue weighted by Gasteiger charge is 2.07. The lowest BCUT2D eigenvalue weighted by molar-refractivity contribution is 0.415. The van der Waals surface area contributed by atoms with Gasteiger partial charge in [0.2, 0.25) is 0 Å². The molecule has 3 rings (SSSR count). The van der Waals surface area contributed by atoms with Crippen molar-refractivity contribution in [2.45, 2.75) is 0 Å². The summed E-state index contributed by atoms with van der Waals surface area (Å²) in [6, 6.07) is 19.9. The second-order valence-corrected chi connectivity index (χ2v) is 6.09. The van der Waals surface area contributed by atoms with Gasteiger partial charge in [-0.1, -0.05) is 54.6 Å². The number of thiazole rings is 1. The van der Waals surface area contributed by atoms with E-state index in [0.717, 1.165) is 27.6 Å². The van der Waals surface area contributed by atoms with Crippen molar-refractivity contribution < 1.29 is 4.74 Å². The lowest BCUT2D eigenvalue weighted by Gasteiger charge is -1.98. The molecule has 0 saturated heterocycles. The number of rotatable bonds is 5. The Morgan fingerprint density at radius 3 is 2.56 bits per heavy atom. The number of nitriles is 1. The highest BCUT2D eigenvalue weighted by Crippen LogP contribution is 2.26. The minimum absolute atomic E-state index is 0.553. The Kier molecular flexibility index (Phi) is 5.40. The molecule has 0 fully saturated rings. The summed E-state index contributed by atoms with van der Waals surface area (Å²) in [7, 11) is 1.64. The molecule has 0 aliphatic heterocycles. The van der Waals surface area contributed by atoms with E-state index in [4.69, 9.17) is 4.74 Å². The van der Waals surface area contributed by atoms with Crippen LogP contribution < -0.4 is 4.74 Å². The molecule has 0 bridgehead atoms. The molecule has 1 aromatic heterocycles. The molecular formula is C21H16N2OS. The monoisotopic (exact) mass is 344 g/mol. The maximum absolute atomic E-state index is 9.42. The second kappa shape index (κ2) is 8.09. The van der Waals surface area contributed by atoms with Crippen LogP contribution in [0.2, 0.25) is 0 Å². The van der Waals surface area contributed by atoms with E-state index < -0.39 is 0 Å². The van der Waals surface area contributed by atoms with E-state index in [-0.39, 0.29) is 0 Å². The third-order valence-corrected chi connectivity index (χ3v) is 4.47. The second-order valence-electron chi connectivity index (χ2n) is 5.23. The largest absolute Gasteiger partial charge is 0.497 e. The Balaban J connectivity index is 1.78. The lowest BCUT2D eigenvalue weighted by atomic mass is 10.2. The van der Waals surface area contributed by atoms with Crippen molar-refractivity contribution >= 4 is 23.0 Å². The highest BCUT2D eigenvalue weighted by atomic mass is 32.1. The molecule has 0 radical (unpaired) electrons. The maximum atomic E-state index is 9.42. The summed E-state index contributed by atoms with van der Waals surface area (Å²) in [4.78, 5) is 4.58. The average Bonchev–Trinajstić information content (AvgIpc) is 3.16. The Hall–Kier alpha value is -3.16. The predicted molar refractivity (Wildman–Crippen MR) is 103 cm³/mol. The molecule has 4 heteroatoms. The van der Waals surface area contributed by atoms with Crippen molar-refractivity contribution in [2.75, 3.05) is 7.11 Å². The molecule has 0 atom stereocenters. The molecule has 2 aromatic carbocycles. The van der Waals surface area contributed by atoms with Crippen molar-refractivity contribution in [1.29, 1.82) is 5.26 Å². The lowest BCUT2D eigenvalue weighted by Crippen LogP contribution is -1.82. The van der Waals surface area contributed by atoms with Crippen LogP contribution in [0.4, 0.5) is 0 Å². The Morgan fingerprint density at radius 1 is 1.12 bits per heavy atom. The number of methoxy groups -OCH3 is 1. The van der Waals surface area contributed by atoms with Crippen LogP contribution in [-0.4, -0.2) is 12.1 Å². The first-order chi connectivity index (χ1) is 12.3. The zero-order valence-corrected chi connectivity index (χ0v) is 14.5. The fourth-order valence-corrected chi connectivity index (χ4v) is 3.07. The molecule has 1 heterocycles. The summed E-state index contributed by atoms with van der Waals surface area (Å²) in [5, 5.41) is 12.1. The van der Waals surface area contributed by atoms with Gasteiger partial charge in [-0.15, -0.1) is 11.3 Å². The van der Waals surface area contributed by atoms with Crippen LogP contribution in [-0.2, 0) is 0 Å².